The molecule has 0 radical (unpaired) electrons. The predicted octanol–water partition coefficient (Wildman–Crippen LogP) is 5.18. The number of furan rings is 1. The Kier molecular flexibility index (Phi) is 5.37. The number of hydrogen-bond acceptors (Lipinski definition) is 7. The van der Waals surface area contributed by atoms with Gasteiger partial charge in [-0.3, -0.25) is 19.5 Å². The first-order chi connectivity index (χ1) is 15.1. The third kappa shape index (κ3) is 3.90. The van der Waals surface area contributed by atoms with Crippen LogP contribution in [0.5, 0.6) is 0 Å². The number of fused-ring (bicyclic) bond motifs is 3. The lowest BCUT2D eigenvalue weighted by atomic mass is 9.97. The summed E-state index contributed by atoms with van der Waals surface area (Å²) in [6.07, 6.45) is 5.80. The number of nitro groups is 1. The zero-order valence-corrected chi connectivity index (χ0v) is 18.2. The fourth-order valence-electron chi connectivity index (χ4n) is 3.89. The van der Waals surface area contributed by atoms with Gasteiger partial charge in [0.05, 0.1) is 23.1 Å². The normalized spacial score (nSPS) is 13.4. The minimum absolute atomic E-state index is 0.0213. The van der Waals surface area contributed by atoms with Crippen molar-refractivity contribution in [1.82, 2.24) is 9.55 Å². The van der Waals surface area contributed by atoms with Gasteiger partial charge in [-0.1, -0.05) is 23.9 Å². The van der Waals surface area contributed by atoms with Gasteiger partial charge in [0, 0.05) is 22.8 Å². The maximum atomic E-state index is 13.5. The largest absolute Gasteiger partial charge is 0.467 e. The molecular formula is C22H19N3O4S2. The van der Waals surface area contributed by atoms with Gasteiger partial charge in [-0.15, -0.1) is 11.3 Å². The van der Waals surface area contributed by atoms with Gasteiger partial charge in [-0.05, 0) is 48.9 Å². The molecule has 3 aromatic heterocycles. The second-order valence-electron chi connectivity index (χ2n) is 7.47. The summed E-state index contributed by atoms with van der Waals surface area (Å²) in [7, 11) is 0. The van der Waals surface area contributed by atoms with E-state index in [9.17, 15) is 14.9 Å². The third-order valence-corrected chi connectivity index (χ3v) is 7.68. The fraction of sp³-hybridized carbons (Fsp3) is 0.273. The maximum absolute atomic E-state index is 13.5. The van der Waals surface area contributed by atoms with Crippen LogP contribution in [0.2, 0.25) is 0 Å². The standard InChI is InChI=1S/C22H19N3O4S2/c26-21-19-17-5-1-2-6-18(17)31-20(19)23-22(24(21)12-16-4-3-11-29-16)30-13-14-7-9-15(10-8-14)25(27)28/h3-4,7-11H,1-2,5-6,12-13H2. The predicted molar refractivity (Wildman–Crippen MR) is 121 cm³/mol. The SMILES string of the molecule is O=c1c2c3c(sc2nc(SCc2ccc([N+](=O)[O-])cc2)n1Cc1ccco1)CCCC3. The molecule has 5 rings (SSSR count). The summed E-state index contributed by atoms with van der Waals surface area (Å²) in [6.45, 7) is 0.321. The van der Waals surface area contributed by atoms with E-state index in [4.69, 9.17) is 9.40 Å². The molecule has 3 heterocycles. The van der Waals surface area contributed by atoms with Crippen LogP contribution >= 0.6 is 23.1 Å². The van der Waals surface area contributed by atoms with Crippen molar-refractivity contribution in [2.45, 2.75) is 43.1 Å². The average Bonchev–Trinajstić information content (AvgIpc) is 3.42. The van der Waals surface area contributed by atoms with Crippen LogP contribution in [0.4, 0.5) is 5.69 Å². The van der Waals surface area contributed by atoms with Crippen molar-refractivity contribution in [3.63, 3.8) is 0 Å². The van der Waals surface area contributed by atoms with Gasteiger partial charge in [0.1, 0.15) is 10.6 Å². The minimum Gasteiger partial charge on any atom is -0.467 e. The number of hydrogen-bond donors (Lipinski definition) is 0. The quantitative estimate of drug-likeness (QED) is 0.173. The van der Waals surface area contributed by atoms with E-state index >= 15 is 0 Å². The van der Waals surface area contributed by atoms with Crippen LogP contribution in [0.15, 0.2) is 57.0 Å². The molecule has 4 aromatic rings. The molecule has 9 heteroatoms. The summed E-state index contributed by atoms with van der Waals surface area (Å²) in [5.74, 6) is 1.25. The van der Waals surface area contributed by atoms with Crippen molar-refractivity contribution in [3.05, 3.63) is 84.9 Å². The molecule has 0 N–H and O–H groups in total. The highest BCUT2D eigenvalue weighted by Gasteiger charge is 2.22. The molecule has 0 bridgehead atoms. The molecule has 0 atom stereocenters. The van der Waals surface area contributed by atoms with Crippen molar-refractivity contribution in [3.8, 4) is 0 Å². The van der Waals surface area contributed by atoms with Gasteiger partial charge in [-0.25, -0.2) is 4.98 Å². The van der Waals surface area contributed by atoms with E-state index in [-0.39, 0.29) is 11.2 Å². The number of thioether (sulfide) groups is 1. The van der Waals surface area contributed by atoms with Crippen molar-refractivity contribution in [2.24, 2.45) is 0 Å². The first kappa shape index (κ1) is 20.0. The first-order valence-electron chi connectivity index (χ1n) is 10.0. The summed E-state index contributed by atoms with van der Waals surface area (Å²) >= 11 is 3.09. The Morgan fingerprint density at radius 1 is 1.19 bits per heavy atom. The van der Waals surface area contributed by atoms with E-state index in [0.717, 1.165) is 41.5 Å². The lowest BCUT2D eigenvalue weighted by Gasteiger charge is -2.13. The molecule has 1 aliphatic rings. The molecule has 0 aliphatic heterocycles. The zero-order chi connectivity index (χ0) is 21.4. The van der Waals surface area contributed by atoms with Crippen molar-refractivity contribution in [2.75, 3.05) is 0 Å². The number of aromatic nitrogens is 2. The van der Waals surface area contributed by atoms with Gasteiger partial charge >= 0.3 is 0 Å². The molecule has 7 nitrogen and oxygen atoms in total. The van der Waals surface area contributed by atoms with Crippen LogP contribution < -0.4 is 5.56 Å². The molecular weight excluding hydrogens is 434 g/mol. The van der Waals surface area contributed by atoms with Crippen LogP contribution in [0.1, 0.15) is 34.6 Å². The van der Waals surface area contributed by atoms with Gasteiger partial charge in [0.15, 0.2) is 5.16 Å². The number of rotatable bonds is 6. The number of nitrogens with zero attached hydrogens (tertiary/aromatic N) is 3. The molecule has 0 saturated heterocycles. The lowest BCUT2D eigenvalue weighted by molar-refractivity contribution is -0.384. The van der Waals surface area contributed by atoms with Crippen molar-refractivity contribution >= 4 is 39.0 Å². The Hall–Kier alpha value is -2.91. The molecule has 31 heavy (non-hydrogen) atoms. The van der Waals surface area contributed by atoms with Crippen LogP contribution in [0, 0.1) is 10.1 Å². The Labute approximate surface area is 185 Å². The van der Waals surface area contributed by atoms with Gasteiger partial charge in [-0.2, -0.15) is 0 Å². The smallest absolute Gasteiger partial charge is 0.269 e. The Morgan fingerprint density at radius 2 is 2.00 bits per heavy atom. The van der Waals surface area contributed by atoms with E-state index in [1.807, 2.05) is 12.1 Å². The fourth-order valence-corrected chi connectivity index (χ4v) is 6.15. The molecule has 0 spiro atoms. The van der Waals surface area contributed by atoms with E-state index in [2.05, 4.69) is 0 Å². The highest BCUT2D eigenvalue weighted by molar-refractivity contribution is 7.98. The highest BCUT2D eigenvalue weighted by atomic mass is 32.2. The number of thiophene rings is 1. The summed E-state index contributed by atoms with van der Waals surface area (Å²) in [5.41, 5.74) is 2.14. The number of nitro benzene ring substituents is 1. The Bertz CT molecular complexity index is 1310. The number of aryl methyl sites for hydroxylation is 2. The summed E-state index contributed by atoms with van der Waals surface area (Å²) in [5, 5.41) is 12.3. The Morgan fingerprint density at radius 3 is 2.74 bits per heavy atom. The highest BCUT2D eigenvalue weighted by Crippen LogP contribution is 2.35. The molecule has 0 fully saturated rings. The summed E-state index contributed by atoms with van der Waals surface area (Å²) in [6, 6.07) is 10.1. The maximum Gasteiger partial charge on any atom is 0.269 e. The second-order valence-corrected chi connectivity index (χ2v) is 9.49. The molecule has 1 aromatic carbocycles. The first-order valence-corrected chi connectivity index (χ1v) is 11.8. The lowest BCUT2D eigenvalue weighted by Crippen LogP contribution is -2.24. The third-order valence-electron chi connectivity index (χ3n) is 5.45. The Balaban J connectivity index is 1.53. The topological polar surface area (TPSA) is 91.2 Å². The summed E-state index contributed by atoms with van der Waals surface area (Å²) < 4.78 is 7.19. The van der Waals surface area contributed by atoms with E-state index in [1.165, 1.54) is 34.3 Å². The molecule has 0 unspecified atom stereocenters. The average molecular weight is 454 g/mol. The zero-order valence-electron chi connectivity index (χ0n) is 16.6. The number of benzene rings is 1. The van der Waals surface area contributed by atoms with Crippen LogP contribution in [0.3, 0.4) is 0 Å². The van der Waals surface area contributed by atoms with Gasteiger partial charge < -0.3 is 4.42 Å². The molecule has 0 amide bonds. The van der Waals surface area contributed by atoms with Crippen molar-refractivity contribution in [1.29, 1.82) is 0 Å². The van der Waals surface area contributed by atoms with Crippen LogP contribution in [-0.2, 0) is 25.1 Å². The van der Waals surface area contributed by atoms with Crippen molar-refractivity contribution < 1.29 is 9.34 Å². The summed E-state index contributed by atoms with van der Waals surface area (Å²) in [4.78, 5) is 31.0. The van der Waals surface area contributed by atoms with E-state index in [0.29, 0.717) is 23.2 Å². The second kappa shape index (κ2) is 8.32. The number of non-ortho nitro benzene ring substituents is 1. The van der Waals surface area contributed by atoms with Gasteiger partial charge in [0.25, 0.3) is 11.2 Å². The monoisotopic (exact) mass is 453 g/mol. The van der Waals surface area contributed by atoms with Crippen LogP contribution in [-0.4, -0.2) is 14.5 Å². The van der Waals surface area contributed by atoms with E-state index < -0.39 is 4.92 Å². The molecule has 0 saturated carbocycles. The molecule has 1 aliphatic carbocycles. The molecule has 158 valence electrons. The van der Waals surface area contributed by atoms with Gasteiger partial charge in [0.2, 0.25) is 0 Å². The minimum atomic E-state index is -0.411. The van der Waals surface area contributed by atoms with E-state index in [1.54, 1.807) is 34.3 Å². The van der Waals surface area contributed by atoms with Crippen LogP contribution in [0.25, 0.3) is 10.2 Å².